The number of amides is 1. The standard InChI is InChI=1S/C17H21BrN2O2/c1-11(20(5)16(21)22-17(2,3)4)14-9-7-12-6-8-13(18)10-15(12)19-14/h6-11H,1-5H3/t11-/m1/s1. The second-order valence-electron chi connectivity index (χ2n) is 6.34. The van der Waals surface area contributed by atoms with Gasteiger partial charge in [0.15, 0.2) is 0 Å². The van der Waals surface area contributed by atoms with Crippen LogP contribution < -0.4 is 0 Å². The van der Waals surface area contributed by atoms with Gasteiger partial charge in [-0.05, 0) is 45.9 Å². The van der Waals surface area contributed by atoms with Gasteiger partial charge in [-0.2, -0.15) is 0 Å². The molecule has 0 radical (unpaired) electrons. The number of nitrogens with zero attached hydrogens (tertiary/aromatic N) is 2. The molecule has 1 amide bonds. The van der Waals surface area contributed by atoms with E-state index in [4.69, 9.17) is 4.74 Å². The molecule has 0 bridgehead atoms. The molecule has 2 rings (SSSR count). The van der Waals surface area contributed by atoms with Crippen molar-refractivity contribution in [2.75, 3.05) is 7.05 Å². The van der Waals surface area contributed by atoms with E-state index >= 15 is 0 Å². The van der Waals surface area contributed by atoms with Gasteiger partial charge in [-0.25, -0.2) is 4.79 Å². The Balaban J connectivity index is 2.25. The van der Waals surface area contributed by atoms with E-state index < -0.39 is 5.60 Å². The van der Waals surface area contributed by atoms with Gasteiger partial charge in [0, 0.05) is 16.9 Å². The highest BCUT2D eigenvalue weighted by Crippen LogP contribution is 2.24. The molecule has 1 aromatic carbocycles. The van der Waals surface area contributed by atoms with E-state index in [1.54, 1.807) is 11.9 Å². The third kappa shape index (κ3) is 3.97. The molecule has 1 aromatic heterocycles. The van der Waals surface area contributed by atoms with Crippen LogP contribution in [0.5, 0.6) is 0 Å². The zero-order valence-electron chi connectivity index (χ0n) is 13.6. The minimum atomic E-state index is -0.507. The number of aromatic nitrogens is 1. The molecule has 0 saturated carbocycles. The Bertz CT molecular complexity index is 695. The van der Waals surface area contributed by atoms with E-state index in [9.17, 15) is 4.79 Å². The molecule has 5 heteroatoms. The lowest BCUT2D eigenvalue weighted by Gasteiger charge is -2.28. The lowest BCUT2D eigenvalue weighted by Crippen LogP contribution is -2.36. The number of carbonyl (C=O) groups is 1. The summed E-state index contributed by atoms with van der Waals surface area (Å²) >= 11 is 3.45. The van der Waals surface area contributed by atoms with Crippen molar-refractivity contribution in [2.45, 2.75) is 39.3 Å². The Kier molecular flexibility index (Phi) is 4.75. The lowest BCUT2D eigenvalue weighted by atomic mass is 10.1. The molecule has 2 aromatic rings. The van der Waals surface area contributed by atoms with Gasteiger partial charge >= 0.3 is 6.09 Å². The third-order valence-electron chi connectivity index (χ3n) is 3.37. The van der Waals surface area contributed by atoms with Crippen LogP contribution in [0.1, 0.15) is 39.4 Å². The zero-order valence-corrected chi connectivity index (χ0v) is 15.1. The topological polar surface area (TPSA) is 42.4 Å². The first kappa shape index (κ1) is 16.7. The summed E-state index contributed by atoms with van der Waals surface area (Å²) in [5.41, 5.74) is 1.22. The van der Waals surface area contributed by atoms with Gasteiger partial charge in [-0.3, -0.25) is 4.98 Å². The largest absolute Gasteiger partial charge is 0.444 e. The summed E-state index contributed by atoms with van der Waals surface area (Å²) in [6, 6.07) is 9.76. The van der Waals surface area contributed by atoms with Crippen LogP contribution in [0.2, 0.25) is 0 Å². The number of benzene rings is 1. The Morgan fingerprint density at radius 2 is 1.91 bits per heavy atom. The van der Waals surface area contributed by atoms with Crippen molar-refractivity contribution in [1.29, 1.82) is 0 Å². The van der Waals surface area contributed by atoms with E-state index in [2.05, 4.69) is 20.9 Å². The number of rotatable bonds is 2. The Hall–Kier alpha value is -1.62. The molecule has 4 nitrogen and oxygen atoms in total. The van der Waals surface area contributed by atoms with Crippen LogP contribution in [-0.2, 0) is 4.74 Å². The fourth-order valence-electron chi connectivity index (χ4n) is 2.03. The summed E-state index contributed by atoms with van der Waals surface area (Å²) in [5.74, 6) is 0. The Morgan fingerprint density at radius 3 is 2.55 bits per heavy atom. The van der Waals surface area contributed by atoms with Crippen LogP contribution >= 0.6 is 15.9 Å². The number of hydrogen-bond acceptors (Lipinski definition) is 3. The summed E-state index contributed by atoms with van der Waals surface area (Å²) < 4.78 is 6.38. The molecule has 0 aliphatic carbocycles. The van der Waals surface area contributed by atoms with Crippen molar-refractivity contribution in [3.63, 3.8) is 0 Å². The second-order valence-corrected chi connectivity index (χ2v) is 7.26. The zero-order chi connectivity index (χ0) is 16.5. The van der Waals surface area contributed by atoms with E-state index in [0.717, 1.165) is 21.1 Å². The molecule has 0 saturated heterocycles. The monoisotopic (exact) mass is 364 g/mol. The van der Waals surface area contributed by atoms with Crippen molar-refractivity contribution in [2.24, 2.45) is 0 Å². The Morgan fingerprint density at radius 1 is 1.27 bits per heavy atom. The minimum Gasteiger partial charge on any atom is -0.444 e. The minimum absolute atomic E-state index is 0.168. The van der Waals surface area contributed by atoms with Gasteiger partial charge in [0.2, 0.25) is 0 Å². The van der Waals surface area contributed by atoms with Crippen molar-refractivity contribution in [3.8, 4) is 0 Å². The van der Waals surface area contributed by atoms with Gasteiger partial charge < -0.3 is 9.64 Å². The number of fused-ring (bicyclic) bond motifs is 1. The average molecular weight is 365 g/mol. The fourth-order valence-corrected chi connectivity index (χ4v) is 2.38. The molecule has 0 aliphatic rings. The van der Waals surface area contributed by atoms with Crippen molar-refractivity contribution in [1.82, 2.24) is 9.88 Å². The van der Waals surface area contributed by atoms with Crippen LogP contribution in [0.3, 0.4) is 0 Å². The van der Waals surface area contributed by atoms with Gasteiger partial charge in [0.05, 0.1) is 17.3 Å². The second kappa shape index (κ2) is 6.24. The highest BCUT2D eigenvalue weighted by molar-refractivity contribution is 9.10. The smallest absolute Gasteiger partial charge is 0.410 e. The lowest BCUT2D eigenvalue weighted by molar-refractivity contribution is 0.0231. The molecule has 1 heterocycles. The molecule has 0 aliphatic heterocycles. The highest BCUT2D eigenvalue weighted by Gasteiger charge is 2.24. The van der Waals surface area contributed by atoms with Crippen LogP contribution in [0, 0.1) is 0 Å². The van der Waals surface area contributed by atoms with Crippen LogP contribution in [0.25, 0.3) is 10.9 Å². The molecule has 0 fully saturated rings. The Labute approximate surface area is 139 Å². The third-order valence-corrected chi connectivity index (χ3v) is 3.86. The van der Waals surface area contributed by atoms with Gasteiger partial charge in [-0.15, -0.1) is 0 Å². The first-order valence-electron chi connectivity index (χ1n) is 7.19. The van der Waals surface area contributed by atoms with E-state index in [1.807, 2.05) is 58.0 Å². The predicted octanol–water partition coefficient (Wildman–Crippen LogP) is 4.93. The van der Waals surface area contributed by atoms with Crippen molar-refractivity contribution >= 4 is 32.9 Å². The molecule has 0 spiro atoms. The molecular formula is C17H21BrN2O2. The summed E-state index contributed by atoms with van der Waals surface area (Å²) in [6.45, 7) is 7.51. The number of halogens is 1. The quantitative estimate of drug-likeness (QED) is 0.758. The van der Waals surface area contributed by atoms with E-state index in [0.29, 0.717) is 0 Å². The van der Waals surface area contributed by atoms with Gasteiger partial charge in [0.25, 0.3) is 0 Å². The predicted molar refractivity (Wildman–Crippen MR) is 91.9 cm³/mol. The molecule has 1 atom stereocenters. The van der Waals surface area contributed by atoms with Crippen LogP contribution in [-0.4, -0.2) is 28.6 Å². The summed E-state index contributed by atoms with van der Waals surface area (Å²) in [7, 11) is 1.73. The SMILES string of the molecule is C[C@H](c1ccc2ccc(Br)cc2n1)N(C)C(=O)OC(C)(C)C. The maximum Gasteiger partial charge on any atom is 0.410 e. The average Bonchev–Trinajstić information content (AvgIpc) is 2.43. The number of hydrogen-bond donors (Lipinski definition) is 0. The van der Waals surface area contributed by atoms with E-state index in [-0.39, 0.29) is 12.1 Å². The normalized spacial score (nSPS) is 13.0. The molecule has 22 heavy (non-hydrogen) atoms. The number of carbonyl (C=O) groups excluding carboxylic acids is 1. The fraction of sp³-hybridized carbons (Fsp3) is 0.412. The van der Waals surface area contributed by atoms with E-state index in [1.165, 1.54) is 0 Å². The highest BCUT2D eigenvalue weighted by atomic mass is 79.9. The van der Waals surface area contributed by atoms with Gasteiger partial charge in [-0.1, -0.05) is 28.1 Å². The van der Waals surface area contributed by atoms with Crippen LogP contribution in [0.15, 0.2) is 34.8 Å². The molecule has 0 N–H and O–H groups in total. The van der Waals surface area contributed by atoms with Crippen LogP contribution in [0.4, 0.5) is 4.79 Å². The first-order chi connectivity index (χ1) is 10.2. The number of pyridine rings is 1. The molecular weight excluding hydrogens is 344 g/mol. The van der Waals surface area contributed by atoms with Gasteiger partial charge in [0.1, 0.15) is 5.60 Å². The first-order valence-corrected chi connectivity index (χ1v) is 7.99. The maximum absolute atomic E-state index is 12.2. The number of ether oxygens (including phenoxy) is 1. The molecule has 118 valence electrons. The summed E-state index contributed by atoms with van der Waals surface area (Å²) in [6.07, 6.45) is -0.351. The van der Waals surface area contributed by atoms with Crippen molar-refractivity contribution in [3.05, 3.63) is 40.5 Å². The molecule has 0 unspecified atom stereocenters. The van der Waals surface area contributed by atoms with Crippen molar-refractivity contribution < 1.29 is 9.53 Å². The summed E-state index contributed by atoms with van der Waals surface area (Å²) in [5, 5.41) is 1.07. The maximum atomic E-state index is 12.2. The summed E-state index contributed by atoms with van der Waals surface area (Å²) in [4.78, 5) is 18.4.